The van der Waals surface area contributed by atoms with Crippen LogP contribution in [0.1, 0.15) is 86.1 Å². The molecule has 4 fully saturated rings. The van der Waals surface area contributed by atoms with Gasteiger partial charge in [-0.1, -0.05) is 54.6 Å². The zero-order chi connectivity index (χ0) is 36.3. The number of carbonyl (C=O) groups is 2. The molecular formula is C43H48F2N6O2. The molecule has 0 radical (unpaired) electrons. The Morgan fingerprint density at radius 3 is 1.55 bits per heavy atom. The quantitative estimate of drug-likeness (QED) is 0.141. The number of amides is 2. The number of halogens is 2. The van der Waals surface area contributed by atoms with E-state index in [4.69, 9.17) is 0 Å². The summed E-state index contributed by atoms with van der Waals surface area (Å²) in [5.41, 5.74) is 5.26. The zero-order valence-corrected chi connectivity index (χ0v) is 30.0. The first-order valence-electron chi connectivity index (χ1n) is 19.3. The van der Waals surface area contributed by atoms with Crippen LogP contribution in [0.25, 0.3) is 0 Å². The number of nitrogens with zero attached hydrogens (tertiary/aromatic N) is 2. The number of carbonyl (C=O) groups excluding carboxylic acids is 2. The molecule has 4 aliphatic rings. The lowest BCUT2D eigenvalue weighted by molar-refractivity contribution is -0.118. The van der Waals surface area contributed by atoms with Gasteiger partial charge in [0.15, 0.2) is 11.6 Å². The maximum atomic E-state index is 16.2. The summed E-state index contributed by atoms with van der Waals surface area (Å²) in [5, 5.41) is 12.5. The molecule has 4 aromatic rings. The monoisotopic (exact) mass is 718 g/mol. The number of piperidine rings is 1. The van der Waals surface area contributed by atoms with Crippen molar-refractivity contribution in [3.05, 3.63) is 119 Å². The second-order valence-electron chi connectivity index (χ2n) is 15.0. The molecule has 4 aliphatic heterocycles. The van der Waals surface area contributed by atoms with Gasteiger partial charge < -0.3 is 31.1 Å². The van der Waals surface area contributed by atoms with Crippen LogP contribution in [0.5, 0.6) is 0 Å². The van der Waals surface area contributed by atoms with Crippen LogP contribution in [-0.4, -0.2) is 50.1 Å². The zero-order valence-electron chi connectivity index (χ0n) is 30.0. The summed E-state index contributed by atoms with van der Waals surface area (Å²) in [6.45, 7) is 2.86. The topological polar surface area (TPSA) is 88.7 Å². The Kier molecular flexibility index (Phi) is 10.4. The summed E-state index contributed by atoms with van der Waals surface area (Å²) < 4.78 is 32.5. The van der Waals surface area contributed by atoms with E-state index < -0.39 is 11.6 Å². The fraction of sp³-hybridized carbons (Fsp3) is 0.395. The molecule has 10 heteroatoms. The number of nitrogens with one attached hydrogen (secondary N) is 4. The van der Waals surface area contributed by atoms with Crippen molar-refractivity contribution in [2.24, 2.45) is 0 Å². The fourth-order valence-electron chi connectivity index (χ4n) is 8.84. The smallest absolute Gasteiger partial charge is 0.241 e. The summed E-state index contributed by atoms with van der Waals surface area (Å²) in [6.07, 6.45) is 6.83. The first-order valence-corrected chi connectivity index (χ1v) is 19.3. The van der Waals surface area contributed by atoms with E-state index in [-0.39, 0.29) is 41.7 Å². The first-order chi connectivity index (χ1) is 25.9. The summed E-state index contributed by atoms with van der Waals surface area (Å²) in [4.78, 5) is 29.5. The molecule has 0 aliphatic carbocycles. The summed E-state index contributed by atoms with van der Waals surface area (Å²) in [6, 6.07) is 28.4. The lowest BCUT2D eigenvalue weighted by atomic mass is 9.89. The van der Waals surface area contributed by atoms with Gasteiger partial charge in [0.25, 0.3) is 0 Å². The van der Waals surface area contributed by atoms with E-state index in [1.807, 2.05) is 71.6 Å². The highest BCUT2D eigenvalue weighted by Gasteiger charge is 2.37. The average molecular weight is 719 g/mol. The highest BCUT2D eigenvalue weighted by atomic mass is 19.1. The van der Waals surface area contributed by atoms with Crippen molar-refractivity contribution in [3.63, 3.8) is 0 Å². The molecule has 0 bridgehead atoms. The summed E-state index contributed by atoms with van der Waals surface area (Å²) in [7, 11) is 0. The van der Waals surface area contributed by atoms with E-state index in [0.29, 0.717) is 24.7 Å². The molecule has 4 unspecified atom stereocenters. The van der Waals surface area contributed by atoms with E-state index in [0.717, 1.165) is 87.0 Å². The first kappa shape index (κ1) is 35.2. The second kappa shape index (κ2) is 15.7. The lowest BCUT2D eigenvalue weighted by Gasteiger charge is -2.36. The Morgan fingerprint density at radius 1 is 0.604 bits per heavy atom. The lowest BCUT2D eigenvalue weighted by Crippen LogP contribution is -2.35. The molecule has 4 heterocycles. The fourth-order valence-corrected chi connectivity index (χ4v) is 8.84. The van der Waals surface area contributed by atoms with Gasteiger partial charge in [0.05, 0.1) is 24.2 Å². The third-order valence-corrected chi connectivity index (χ3v) is 11.6. The van der Waals surface area contributed by atoms with Crippen LogP contribution in [-0.2, 0) is 9.59 Å². The number of rotatable bonds is 9. The van der Waals surface area contributed by atoms with Crippen molar-refractivity contribution in [2.75, 3.05) is 46.6 Å². The van der Waals surface area contributed by atoms with Crippen molar-refractivity contribution >= 4 is 34.6 Å². The van der Waals surface area contributed by atoms with Gasteiger partial charge in [-0.05, 0) is 123 Å². The van der Waals surface area contributed by atoms with Gasteiger partial charge in [-0.2, -0.15) is 0 Å². The van der Waals surface area contributed by atoms with Gasteiger partial charge >= 0.3 is 0 Å². The summed E-state index contributed by atoms with van der Waals surface area (Å²) in [5.74, 6) is -0.804. The largest absolute Gasteiger partial charge is 0.367 e. The minimum Gasteiger partial charge on any atom is -0.367 e. The maximum Gasteiger partial charge on any atom is 0.241 e. The Hall–Kier alpha value is -4.80. The van der Waals surface area contributed by atoms with Crippen molar-refractivity contribution in [2.45, 2.75) is 81.5 Å². The highest BCUT2D eigenvalue weighted by Crippen LogP contribution is 2.48. The number of hydrogen-bond donors (Lipinski definition) is 4. The van der Waals surface area contributed by atoms with Crippen LogP contribution in [0.4, 0.5) is 31.5 Å². The minimum atomic E-state index is -0.556. The second-order valence-corrected chi connectivity index (χ2v) is 15.0. The van der Waals surface area contributed by atoms with Crippen LogP contribution in [0.3, 0.4) is 0 Å². The van der Waals surface area contributed by atoms with E-state index in [1.165, 1.54) is 17.7 Å². The van der Waals surface area contributed by atoms with E-state index in [2.05, 4.69) is 38.3 Å². The number of benzene rings is 4. The van der Waals surface area contributed by atoms with Crippen LogP contribution in [0.2, 0.25) is 0 Å². The van der Waals surface area contributed by atoms with Crippen molar-refractivity contribution in [1.29, 1.82) is 0 Å². The number of anilines is 4. The highest BCUT2D eigenvalue weighted by molar-refractivity contribution is 5.95. The molecule has 4 atom stereocenters. The molecule has 4 saturated heterocycles. The van der Waals surface area contributed by atoms with Crippen molar-refractivity contribution < 1.29 is 18.4 Å². The molecule has 53 heavy (non-hydrogen) atoms. The van der Waals surface area contributed by atoms with E-state index >= 15 is 8.78 Å². The van der Waals surface area contributed by atoms with Crippen LogP contribution in [0.15, 0.2) is 91.0 Å². The molecule has 0 aromatic heterocycles. The average Bonchev–Trinajstić information content (AvgIpc) is 3.99. The third kappa shape index (κ3) is 7.66. The molecule has 8 nitrogen and oxygen atoms in total. The van der Waals surface area contributed by atoms with Gasteiger partial charge in [-0.3, -0.25) is 9.59 Å². The van der Waals surface area contributed by atoms with E-state index in [1.54, 1.807) is 0 Å². The van der Waals surface area contributed by atoms with Gasteiger partial charge in [-0.15, -0.1) is 0 Å². The SMILES string of the molecule is O=C(Nc1ccc(C2CCC(c3ccc(NC(=O)C4CCCN4)cc3)N2c2cc(F)c(N3CCC(c4ccccc4)CC3)c(F)c2)cc1)C1CCCN1. The third-order valence-electron chi connectivity index (χ3n) is 11.6. The predicted molar refractivity (Wildman–Crippen MR) is 206 cm³/mol. The van der Waals surface area contributed by atoms with Gasteiger partial charge in [0.2, 0.25) is 11.8 Å². The Morgan fingerprint density at radius 2 is 1.09 bits per heavy atom. The standard InChI is InChI=1S/C43H48F2N6O2/c44-35-26-34(27-36(45)41(35)50-24-20-29(21-25-50)28-6-2-1-3-7-28)51-39(30-10-14-32(15-11-30)48-42(52)37-8-4-22-46-37)18-19-40(51)31-12-16-33(17-13-31)49-43(53)38-9-5-23-47-38/h1-3,6-7,10-17,26-27,29,37-40,46-47H,4-5,8-9,18-25H2,(H,48,52)(H,49,53). The minimum absolute atomic E-state index is 0.0349. The van der Waals surface area contributed by atoms with Crippen molar-refractivity contribution in [1.82, 2.24) is 10.6 Å². The Balaban J connectivity index is 1.05. The molecule has 276 valence electrons. The Labute approximate surface area is 310 Å². The van der Waals surface area contributed by atoms with Crippen LogP contribution < -0.4 is 31.1 Å². The molecule has 4 N–H and O–H groups in total. The van der Waals surface area contributed by atoms with Crippen molar-refractivity contribution in [3.8, 4) is 0 Å². The van der Waals surface area contributed by atoms with Crippen LogP contribution in [0, 0.1) is 11.6 Å². The van der Waals surface area contributed by atoms with E-state index in [9.17, 15) is 9.59 Å². The van der Waals surface area contributed by atoms with Gasteiger partial charge in [0.1, 0.15) is 5.69 Å². The van der Waals surface area contributed by atoms with Crippen LogP contribution >= 0.6 is 0 Å². The summed E-state index contributed by atoms with van der Waals surface area (Å²) >= 11 is 0. The molecular weight excluding hydrogens is 671 g/mol. The Bertz CT molecular complexity index is 1780. The molecule has 4 aromatic carbocycles. The molecule has 8 rings (SSSR count). The molecule has 2 amide bonds. The number of hydrogen-bond acceptors (Lipinski definition) is 6. The normalized spacial score (nSPS) is 23.4. The van der Waals surface area contributed by atoms with Gasteiger partial charge in [-0.25, -0.2) is 8.78 Å². The predicted octanol–water partition coefficient (Wildman–Crippen LogP) is 7.81. The molecule has 0 spiro atoms. The molecule has 0 saturated carbocycles. The van der Waals surface area contributed by atoms with Gasteiger partial charge in [0, 0.05) is 30.2 Å². The maximum absolute atomic E-state index is 16.2.